The van der Waals surface area contributed by atoms with Crippen molar-refractivity contribution in [3.05, 3.63) is 101 Å². The van der Waals surface area contributed by atoms with Crippen LogP contribution in [0.1, 0.15) is 138 Å². The third-order valence-electron chi connectivity index (χ3n) is 14.3. The number of benzene rings is 3. The number of hydrogen-bond acceptors (Lipinski definition) is 13. The van der Waals surface area contributed by atoms with Crippen LogP contribution in [0.5, 0.6) is 5.75 Å². The van der Waals surface area contributed by atoms with E-state index in [0.29, 0.717) is 54.8 Å². The molecule has 0 aliphatic carbocycles. The Morgan fingerprint density at radius 2 is 1.33 bits per heavy atom. The van der Waals surface area contributed by atoms with Crippen molar-refractivity contribution in [2.24, 2.45) is 10.2 Å². The van der Waals surface area contributed by atoms with E-state index in [1.807, 2.05) is 11.8 Å². The van der Waals surface area contributed by atoms with E-state index in [0.717, 1.165) is 126 Å². The lowest BCUT2D eigenvalue weighted by Gasteiger charge is -2.22. The van der Waals surface area contributed by atoms with Crippen molar-refractivity contribution in [3.8, 4) is 5.75 Å². The van der Waals surface area contributed by atoms with Crippen LogP contribution in [0, 0.1) is 11.6 Å². The van der Waals surface area contributed by atoms with E-state index < -0.39 is 59.7 Å². The number of urea groups is 1. The molecule has 456 valence electrons. The molecule has 3 aromatic carbocycles. The maximum Gasteiger partial charge on any atom is 0.442 e. The Bertz CT molecular complexity index is 2580. The number of rotatable bonds is 40. The molecule has 83 heavy (non-hydrogen) atoms. The van der Waals surface area contributed by atoms with Gasteiger partial charge in [0, 0.05) is 72.2 Å². The van der Waals surface area contributed by atoms with Crippen LogP contribution in [0.25, 0.3) is 0 Å². The first-order chi connectivity index (χ1) is 40.0. The Morgan fingerprint density at radius 1 is 0.711 bits per heavy atom. The van der Waals surface area contributed by atoms with E-state index in [9.17, 15) is 50.7 Å². The molecular formula is C58H79F5N10O7S3. The highest BCUT2D eigenvalue weighted by molar-refractivity contribution is 8.76. The first-order valence-corrected chi connectivity index (χ1v) is 32.4. The number of amides is 7. The monoisotopic (exact) mass is 1220 g/mol. The smallest absolute Gasteiger partial charge is 0.442 e. The molecule has 6 rings (SSSR count). The van der Waals surface area contributed by atoms with Crippen molar-refractivity contribution in [1.29, 1.82) is 0 Å². The maximum absolute atomic E-state index is 14.0. The molecule has 5 atom stereocenters. The van der Waals surface area contributed by atoms with Crippen molar-refractivity contribution < 1.29 is 55.5 Å². The molecular weight excluding hydrogens is 1140 g/mol. The molecule has 0 radical (unpaired) electrons. The Hall–Kier alpha value is -5.66. The van der Waals surface area contributed by atoms with Crippen LogP contribution >= 0.6 is 33.3 Å². The Balaban J connectivity index is 0.766. The molecule has 0 aromatic heterocycles. The van der Waals surface area contributed by atoms with E-state index in [1.165, 1.54) is 25.1 Å². The molecule has 0 spiro atoms. The van der Waals surface area contributed by atoms with E-state index in [4.69, 9.17) is 4.74 Å². The fourth-order valence-corrected chi connectivity index (χ4v) is 13.1. The largest absolute Gasteiger partial charge is 0.493 e. The summed E-state index contributed by atoms with van der Waals surface area (Å²) in [5, 5.41) is 30.4. The van der Waals surface area contributed by atoms with Crippen LogP contribution in [0.4, 0.5) is 26.7 Å². The summed E-state index contributed by atoms with van der Waals surface area (Å²) in [6.07, 6.45) is 9.39. The highest BCUT2D eigenvalue weighted by Crippen LogP contribution is 2.53. The maximum atomic E-state index is 14.0. The third kappa shape index (κ3) is 23.0. The summed E-state index contributed by atoms with van der Waals surface area (Å²) in [6.45, 7) is 4.54. The number of carbonyl (C=O) groups excluding carboxylic acids is 6. The SMILES string of the molecule is C[C@H](NC(=O)Cc1cc(F)cc(F)c1)C(=O)N[C@H](C(=O)NCc1ccc(C2(C(F)(F)F)N=N2)cc1OCCCCCCCCNCCCCCCCC(=O)NCCSSCCNC(=O)CCCC[C@@H]1SC[C@@H]2NC(=O)N[C@@H]21)c1ccccc1. The summed E-state index contributed by atoms with van der Waals surface area (Å²) in [4.78, 5) is 75.8. The minimum absolute atomic E-state index is 0.0654. The number of thioether (sulfide) groups is 1. The molecule has 7 amide bonds. The molecule has 0 unspecified atom stereocenters. The highest BCUT2D eigenvalue weighted by Gasteiger charge is 2.65. The number of carbonyl (C=O) groups is 6. The Kier molecular flexibility index (Phi) is 28.0. The molecule has 0 bridgehead atoms. The normalized spacial score (nSPS) is 17.4. The first-order valence-electron chi connectivity index (χ1n) is 28.8. The fraction of sp³-hybridized carbons (Fsp3) is 0.586. The zero-order valence-electron chi connectivity index (χ0n) is 47.0. The van der Waals surface area contributed by atoms with Crippen LogP contribution in [-0.2, 0) is 42.6 Å². The summed E-state index contributed by atoms with van der Waals surface area (Å²) in [5.41, 5.74) is -2.05. The molecule has 0 saturated carbocycles. The first kappa shape index (κ1) is 66.5. The van der Waals surface area contributed by atoms with E-state index >= 15 is 0 Å². The van der Waals surface area contributed by atoms with Crippen LogP contribution in [0.2, 0.25) is 0 Å². The topological polar surface area (TPSA) is 233 Å². The lowest BCUT2D eigenvalue weighted by Crippen LogP contribution is -2.49. The molecule has 2 saturated heterocycles. The van der Waals surface area contributed by atoms with Gasteiger partial charge in [-0.1, -0.05) is 115 Å². The fourth-order valence-electron chi connectivity index (χ4n) is 9.71. The summed E-state index contributed by atoms with van der Waals surface area (Å²) >= 11 is 1.90. The van der Waals surface area contributed by atoms with Gasteiger partial charge in [0.15, 0.2) is 0 Å². The molecule has 3 heterocycles. The lowest BCUT2D eigenvalue weighted by molar-refractivity contribution is -0.166. The predicted octanol–water partition coefficient (Wildman–Crippen LogP) is 9.36. The summed E-state index contributed by atoms with van der Waals surface area (Å²) < 4.78 is 75.5. The lowest BCUT2D eigenvalue weighted by atomic mass is 10.00. The minimum atomic E-state index is -4.77. The van der Waals surface area contributed by atoms with E-state index in [1.54, 1.807) is 51.9 Å². The van der Waals surface area contributed by atoms with Gasteiger partial charge in [-0.25, -0.2) is 13.6 Å². The molecule has 3 aromatic rings. The van der Waals surface area contributed by atoms with Gasteiger partial charge >= 0.3 is 17.9 Å². The van der Waals surface area contributed by atoms with Crippen LogP contribution in [0.3, 0.4) is 0 Å². The molecule has 2 fully saturated rings. The van der Waals surface area contributed by atoms with E-state index in [-0.39, 0.29) is 60.0 Å². The molecule has 17 nitrogen and oxygen atoms in total. The zero-order chi connectivity index (χ0) is 59.5. The average molecular weight is 1220 g/mol. The van der Waals surface area contributed by atoms with Gasteiger partial charge in [-0.3, -0.25) is 24.0 Å². The highest BCUT2D eigenvalue weighted by atomic mass is 33.1. The van der Waals surface area contributed by atoms with Gasteiger partial charge in [0.1, 0.15) is 29.5 Å². The Labute approximate surface area is 495 Å². The van der Waals surface area contributed by atoms with Gasteiger partial charge in [-0.15, -0.1) is 10.2 Å². The Morgan fingerprint density at radius 3 is 1.96 bits per heavy atom. The van der Waals surface area contributed by atoms with Crippen LogP contribution in [0.15, 0.2) is 77.0 Å². The number of nitrogens with zero attached hydrogens (tertiary/aromatic N) is 2. The average Bonchev–Trinajstić information content (AvgIpc) is 3.14. The number of fused-ring (bicyclic) bond motifs is 1. The standard InChI is InChI=1S/C58H79F5N10O7S3/c1-39(68-51(76)34-40-32-44(59)36-45(60)33-40)54(77)70-52(41-18-10-9-11-19-41)55(78)67-37-42-23-24-43(57(72-73-57)58(61,62)63)35-47(42)80-29-17-8-3-2-6-15-25-64-26-16-7-4-5-12-21-49(74)65-27-30-82-83-31-28-66-50(75)22-14-13-20-48-53-46(38-81-48)69-56(79)71-53/h9-11,18-19,23-24,32-33,35-36,39,46,48,52-53,64H,2-8,12-17,20-22,25-31,34,37-38H2,1H3,(H,65,74)(H,66,75)(H,67,78)(H,68,76)(H,70,77)(H2,69,71,79)/t39-,46-,48-,52-,53-/m0/s1. The van der Waals surface area contributed by atoms with Gasteiger partial charge in [-0.05, 0) is 87.9 Å². The van der Waals surface area contributed by atoms with Crippen molar-refractivity contribution in [3.63, 3.8) is 0 Å². The predicted molar refractivity (Wildman–Crippen MR) is 315 cm³/mol. The number of alkyl halides is 3. The van der Waals surface area contributed by atoms with Gasteiger partial charge in [0.25, 0.3) is 0 Å². The number of nitrogens with one attached hydrogen (secondary N) is 8. The molecule has 8 N–H and O–H groups in total. The second kappa shape index (κ2) is 35.0. The van der Waals surface area contributed by atoms with Gasteiger partial charge in [-0.2, -0.15) is 24.9 Å². The van der Waals surface area contributed by atoms with Crippen molar-refractivity contribution in [2.45, 2.75) is 164 Å². The summed E-state index contributed by atoms with van der Waals surface area (Å²) in [7, 11) is 3.39. The second-order valence-corrected chi connectivity index (χ2v) is 24.9. The molecule has 3 aliphatic heterocycles. The third-order valence-corrected chi connectivity index (χ3v) is 18.2. The molecule has 3 aliphatic rings. The number of hydrogen-bond donors (Lipinski definition) is 8. The van der Waals surface area contributed by atoms with Crippen molar-refractivity contribution in [2.75, 3.05) is 50.0 Å². The van der Waals surface area contributed by atoms with Gasteiger partial charge in [0.05, 0.1) is 25.1 Å². The zero-order valence-corrected chi connectivity index (χ0v) is 49.4. The minimum Gasteiger partial charge on any atom is -0.493 e. The van der Waals surface area contributed by atoms with Crippen molar-refractivity contribution in [1.82, 2.24) is 42.5 Å². The number of halogens is 5. The summed E-state index contributed by atoms with van der Waals surface area (Å²) in [6, 6.07) is 12.8. The van der Waals surface area contributed by atoms with Crippen molar-refractivity contribution >= 4 is 68.9 Å². The number of unbranched alkanes of at least 4 members (excludes halogenated alkanes) is 10. The summed E-state index contributed by atoms with van der Waals surface area (Å²) in [5.74, 6) is -0.930. The van der Waals surface area contributed by atoms with Crippen LogP contribution in [-0.4, -0.2) is 115 Å². The van der Waals surface area contributed by atoms with Gasteiger partial charge in [0.2, 0.25) is 29.5 Å². The molecule has 25 heteroatoms. The second-order valence-electron chi connectivity index (χ2n) is 21.0. The quantitative estimate of drug-likeness (QED) is 0.0116. The van der Waals surface area contributed by atoms with Gasteiger partial charge < -0.3 is 47.3 Å². The number of ether oxygens (including phenoxy) is 1. The van der Waals surface area contributed by atoms with E-state index in [2.05, 4.69) is 52.8 Å². The van der Waals surface area contributed by atoms with Crippen LogP contribution < -0.4 is 47.3 Å².